The van der Waals surface area contributed by atoms with Crippen molar-refractivity contribution in [1.82, 2.24) is 26.4 Å². The Bertz CT molecular complexity index is 2480. The molecule has 27 nitrogen and oxygen atoms in total. The molecule has 0 spiro atoms. The predicted molar refractivity (Wildman–Crippen MR) is 258 cm³/mol. The van der Waals surface area contributed by atoms with Gasteiger partial charge in [-0.1, -0.05) is 12.1 Å². The molecule has 2 aromatic rings. The van der Waals surface area contributed by atoms with Gasteiger partial charge < -0.3 is 84.8 Å². The average molecular weight is 1070 g/mol. The van der Waals surface area contributed by atoms with E-state index in [2.05, 4.69) is 26.4 Å². The van der Waals surface area contributed by atoms with Crippen LogP contribution in [-0.2, 0) is 73.0 Å². The molecule has 0 aromatic heterocycles. The lowest BCUT2D eigenvalue weighted by Crippen LogP contribution is -2.60. The first kappa shape index (κ1) is 57.7. The van der Waals surface area contributed by atoms with Crippen LogP contribution < -0.4 is 37.7 Å². The van der Waals surface area contributed by atoms with Crippen molar-refractivity contribution >= 4 is 41.1 Å². The molecule has 3 heterocycles. The minimum Gasteiger partial charge on any atom is -0.507 e. The number of ether oxygens (including phenoxy) is 10. The number of nitrogens with one attached hydrogen (secondary N) is 4. The number of phenols is 2. The summed E-state index contributed by atoms with van der Waals surface area (Å²) < 4.78 is 57.2. The molecule has 0 radical (unpaired) electrons. The van der Waals surface area contributed by atoms with Crippen LogP contribution in [0, 0.1) is 0 Å². The molecule has 11 N–H and O–H groups in total. The molecule has 10 atom stereocenters. The number of carbonyl (C=O) groups is 7. The van der Waals surface area contributed by atoms with E-state index in [4.69, 9.17) is 58.8 Å². The molecule has 418 valence electrons. The summed E-state index contributed by atoms with van der Waals surface area (Å²) in [6.07, 6.45) is -7.05. The Hall–Kier alpha value is -5.95. The maximum atomic E-state index is 14.3. The van der Waals surface area contributed by atoms with Gasteiger partial charge in [-0.3, -0.25) is 49.3 Å². The van der Waals surface area contributed by atoms with Crippen LogP contribution in [0.5, 0.6) is 17.2 Å². The number of aliphatic hydroxyl groups is 1. The molecule has 3 fully saturated rings. The van der Waals surface area contributed by atoms with Crippen LogP contribution in [0.1, 0.15) is 88.6 Å². The quantitative estimate of drug-likeness (QED) is 0.0242. The molecule has 2 aromatic carbocycles. The summed E-state index contributed by atoms with van der Waals surface area (Å²) in [5, 5.41) is 41.2. The number of primary amides is 1. The maximum absolute atomic E-state index is 14.3. The maximum Gasteiger partial charge on any atom is 0.270 e. The van der Waals surface area contributed by atoms with E-state index in [-0.39, 0.29) is 66.7 Å². The number of morpholine rings is 1. The number of rotatable bonds is 25. The van der Waals surface area contributed by atoms with Crippen molar-refractivity contribution in [2.45, 2.75) is 107 Å². The highest BCUT2D eigenvalue weighted by molar-refractivity contribution is 6.31. The predicted octanol–water partition coefficient (Wildman–Crippen LogP) is -2.42. The van der Waals surface area contributed by atoms with Crippen molar-refractivity contribution in [2.24, 2.45) is 11.5 Å². The van der Waals surface area contributed by atoms with Crippen LogP contribution >= 0.6 is 0 Å². The Morgan fingerprint density at radius 1 is 0.868 bits per heavy atom. The number of fused-ring (bicyclic) bond motifs is 6. The Kier molecular flexibility index (Phi) is 19.7. The van der Waals surface area contributed by atoms with Gasteiger partial charge in [-0.15, -0.1) is 0 Å². The SMILES string of the molecule is COc1cccc2c1C(=O)c1c(O)c3c(c(O)c1C2=O)C[C@@](O)(C(=O)NNC(=O)[C@H](C)NC(=O)[C@H](CC(N)=O)NC(=O)CCOCCOCCOCCOCCN)C[C@@H]3O[C@H]1C[C@H]2[C@H](O[C@@H]3[C@@H](OC)OCCN32)[C@H](C)O1. The molecule has 0 unspecified atom stereocenters. The van der Waals surface area contributed by atoms with Gasteiger partial charge in [0.1, 0.15) is 35.4 Å². The molecule has 2 aliphatic carbocycles. The van der Waals surface area contributed by atoms with Gasteiger partial charge in [0.15, 0.2) is 30.2 Å². The van der Waals surface area contributed by atoms with Gasteiger partial charge in [0.05, 0.1) is 102 Å². The van der Waals surface area contributed by atoms with E-state index in [1.54, 1.807) is 6.92 Å². The summed E-state index contributed by atoms with van der Waals surface area (Å²) in [6, 6.07) is 1.03. The van der Waals surface area contributed by atoms with E-state index in [0.717, 1.165) is 0 Å². The molecule has 7 rings (SSSR count). The number of hydrogen-bond acceptors (Lipinski definition) is 22. The lowest BCUT2D eigenvalue weighted by Gasteiger charge is -2.43. The third-order valence-electron chi connectivity index (χ3n) is 13.6. The molecule has 5 amide bonds. The zero-order chi connectivity index (χ0) is 54.8. The minimum absolute atomic E-state index is 0.0378. The fourth-order valence-corrected chi connectivity index (χ4v) is 9.91. The number of amides is 5. The summed E-state index contributed by atoms with van der Waals surface area (Å²) in [5.74, 6) is -8.08. The van der Waals surface area contributed by atoms with E-state index in [0.29, 0.717) is 52.7 Å². The van der Waals surface area contributed by atoms with E-state index < -0.39 is 138 Å². The molecule has 0 saturated carbocycles. The second-order valence-corrected chi connectivity index (χ2v) is 18.6. The van der Waals surface area contributed by atoms with E-state index in [9.17, 15) is 48.9 Å². The van der Waals surface area contributed by atoms with Crippen LogP contribution in [-0.4, -0.2) is 203 Å². The van der Waals surface area contributed by atoms with Gasteiger partial charge in [0.25, 0.3) is 11.8 Å². The second kappa shape index (κ2) is 25.9. The van der Waals surface area contributed by atoms with Crippen LogP contribution in [0.3, 0.4) is 0 Å². The number of ketones is 2. The lowest BCUT2D eigenvalue weighted by molar-refractivity contribution is -0.256. The Morgan fingerprint density at radius 3 is 2.20 bits per heavy atom. The Balaban J connectivity index is 1.01. The van der Waals surface area contributed by atoms with Crippen LogP contribution in [0.4, 0.5) is 0 Å². The number of nitrogens with two attached hydrogens (primary N) is 2. The summed E-state index contributed by atoms with van der Waals surface area (Å²) in [6.45, 7) is 6.47. The van der Waals surface area contributed by atoms with E-state index in [1.165, 1.54) is 39.3 Å². The van der Waals surface area contributed by atoms with Gasteiger partial charge in [-0.05, 0) is 19.9 Å². The smallest absolute Gasteiger partial charge is 0.270 e. The van der Waals surface area contributed by atoms with Gasteiger partial charge in [-0.2, -0.15) is 0 Å². The Labute approximate surface area is 436 Å². The number of hydrogen-bond donors (Lipinski definition) is 9. The number of aromatic hydroxyl groups is 2. The van der Waals surface area contributed by atoms with Crippen molar-refractivity contribution in [3.05, 3.63) is 51.6 Å². The van der Waals surface area contributed by atoms with Gasteiger partial charge in [-0.25, -0.2) is 0 Å². The topological polar surface area (TPSA) is 376 Å². The van der Waals surface area contributed by atoms with Crippen LogP contribution in [0.2, 0.25) is 0 Å². The number of methoxy groups -OCH3 is 2. The summed E-state index contributed by atoms with van der Waals surface area (Å²) in [5.41, 5.74) is 10.5. The first-order valence-corrected chi connectivity index (χ1v) is 24.9. The molecule has 5 aliphatic rings. The van der Waals surface area contributed by atoms with Crippen molar-refractivity contribution in [3.8, 4) is 17.2 Å². The number of nitrogens with zero attached hydrogens (tertiary/aromatic N) is 1. The van der Waals surface area contributed by atoms with E-state index in [1.807, 2.05) is 0 Å². The fraction of sp³-hybridized carbons (Fsp3) is 0.612. The van der Waals surface area contributed by atoms with E-state index >= 15 is 0 Å². The van der Waals surface area contributed by atoms with Crippen LogP contribution in [0.25, 0.3) is 0 Å². The Morgan fingerprint density at radius 2 is 1.54 bits per heavy atom. The normalized spacial score (nSPS) is 25.4. The van der Waals surface area contributed by atoms with Gasteiger partial charge >= 0.3 is 0 Å². The summed E-state index contributed by atoms with van der Waals surface area (Å²) in [4.78, 5) is 95.9. The second-order valence-electron chi connectivity index (χ2n) is 18.6. The first-order valence-electron chi connectivity index (χ1n) is 24.9. The third-order valence-corrected chi connectivity index (χ3v) is 13.6. The highest BCUT2D eigenvalue weighted by Crippen LogP contribution is 2.53. The molecule has 3 saturated heterocycles. The summed E-state index contributed by atoms with van der Waals surface area (Å²) >= 11 is 0. The van der Waals surface area contributed by atoms with Crippen LogP contribution in [0.15, 0.2) is 18.2 Å². The van der Waals surface area contributed by atoms with Crippen molar-refractivity contribution in [2.75, 3.05) is 86.8 Å². The highest BCUT2D eigenvalue weighted by Gasteiger charge is 2.55. The number of carbonyl (C=O) groups excluding carboxylic acids is 7. The molecule has 27 heteroatoms. The third kappa shape index (κ3) is 12.9. The average Bonchev–Trinajstić information content (AvgIpc) is 3.86. The number of hydrazine groups is 1. The zero-order valence-corrected chi connectivity index (χ0v) is 42.6. The molecule has 76 heavy (non-hydrogen) atoms. The van der Waals surface area contributed by atoms with Gasteiger partial charge in [0, 0.05) is 68.6 Å². The molecular formula is C49H67N7O20. The van der Waals surface area contributed by atoms with Gasteiger partial charge in [0.2, 0.25) is 23.5 Å². The van der Waals surface area contributed by atoms with Crippen molar-refractivity contribution < 1.29 is 96.2 Å². The fourth-order valence-electron chi connectivity index (χ4n) is 9.91. The van der Waals surface area contributed by atoms with Crippen molar-refractivity contribution in [1.29, 1.82) is 0 Å². The lowest BCUT2D eigenvalue weighted by atomic mass is 9.72. The molecule has 3 aliphatic heterocycles. The number of phenolic OH excluding ortho intramolecular Hbond substituents is 2. The minimum atomic E-state index is -2.58. The van der Waals surface area contributed by atoms with Crippen molar-refractivity contribution in [3.63, 3.8) is 0 Å². The first-order chi connectivity index (χ1) is 36.4. The zero-order valence-electron chi connectivity index (χ0n) is 42.6. The molecular weight excluding hydrogens is 1010 g/mol. The standard InChI is InChI=1S/C49H67N7O20/c1-24(52-45(64)28(20-32(51)57)53-33(58)8-11-69-14-16-71-18-19-72-17-15-70-12-9-50)44(63)54-55-48(65)49(66)22-27-36(42(62)38-37(40(27)60)39(59)26-6-5-7-30(67-3)35(26)41(38)61)31(23-49)75-34-21-29-43(25(2)74-34)76-46-47(68-4)73-13-10-56(29)46/h5-7,24-25,28-29,31,34,43,46-47,60,62,66H,8-23,50H2,1-4H3,(H2,51,57)(H,52,64)(H,53,58)(H,54,63)(H,55,65)/t24-,25-,28-,29-,31-,34-,43+,46+,47-,49-/m0/s1. The number of benzene rings is 2. The summed E-state index contributed by atoms with van der Waals surface area (Å²) in [7, 11) is 2.80. The molecule has 0 bridgehead atoms. The highest BCUT2D eigenvalue weighted by atomic mass is 16.7. The monoisotopic (exact) mass is 1070 g/mol. The largest absolute Gasteiger partial charge is 0.507 e.